The van der Waals surface area contributed by atoms with Gasteiger partial charge in [0.15, 0.2) is 0 Å². The first-order chi connectivity index (χ1) is 15.1. The smallest absolute Gasteiger partial charge is 0.212 e. The van der Waals surface area contributed by atoms with E-state index in [0.717, 1.165) is 71.6 Å². The summed E-state index contributed by atoms with van der Waals surface area (Å²) in [7, 11) is 3.58. The number of fused-ring (bicyclic) bond motifs is 1. The summed E-state index contributed by atoms with van der Waals surface area (Å²) < 4.78 is 7.09. The van der Waals surface area contributed by atoms with Gasteiger partial charge in [0.2, 0.25) is 5.88 Å². The van der Waals surface area contributed by atoms with Crippen LogP contribution in [0.1, 0.15) is 18.5 Å². The number of β-amino-alcohol motifs (C(OH)–C–C–N with tert-alkyl or cyclic N) is 1. The number of aliphatic hydroxyl groups excluding tert-OH is 1. The minimum Gasteiger partial charge on any atom is -0.481 e. The molecule has 0 spiro atoms. The summed E-state index contributed by atoms with van der Waals surface area (Å²) in [5.41, 5.74) is 5.85. The SMILES string of the molecule is COc1ccc(-c2c[nH]c3ncc(-c4cc(CN5CCCC(O)C5)n(C)n4)cc23)cn1. The molecule has 8 nitrogen and oxygen atoms in total. The summed E-state index contributed by atoms with van der Waals surface area (Å²) in [6.07, 6.45) is 7.31. The number of ether oxygens (including phenoxy) is 1. The van der Waals surface area contributed by atoms with Gasteiger partial charge in [0.1, 0.15) is 5.65 Å². The molecular formula is C23H26N6O2. The zero-order chi connectivity index (χ0) is 21.4. The molecule has 31 heavy (non-hydrogen) atoms. The van der Waals surface area contributed by atoms with Crippen molar-refractivity contribution in [3.8, 4) is 28.3 Å². The van der Waals surface area contributed by atoms with Crippen LogP contribution in [-0.2, 0) is 13.6 Å². The van der Waals surface area contributed by atoms with Crippen LogP contribution in [0.25, 0.3) is 33.4 Å². The first-order valence-corrected chi connectivity index (χ1v) is 10.5. The molecule has 160 valence electrons. The highest BCUT2D eigenvalue weighted by Crippen LogP contribution is 2.31. The fourth-order valence-corrected chi connectivity index (χ4v) is 4.24. The van der Waals surface area contributed by atoms with E-state index in [1.807, 2.05) is 36.3 Å². The molecule has 0 aliphatic carbocycles. The predicted octanol–water partition coefficient (Wildman–Crippen LogP) is 2.99. The molecule has 1 fully saturated rings. The molecule has 0 aromatic carbocycles. The summed E-state index contributed by atoms with van der Waals surface area (Å²) >= 11 is 0. The number of piperidine rings is 1. The number of nitrogens with one attached hydrogen (secondary N) is 1. The van der Waals surface area contributed by atoms with Crippen molar-refractivity contribution in [1.82, 2.24) is 29.6 Å². The van der Waals surface area contributed by atoms with E-state index in [4.69, 9.17) is 9.84 Å². The molecule has 2 N–H and O–H groups in total. The molecule has 5 rings (SSSR count). The monoisotopic (exact) mass is 418 g/mol. The Hall–Kier alpha value is -3.23. The zero-order valence-corrected chi connectivity index (χ0v) is 17.7. The van der Waals surface area contributed by atoms with E-state index in [9.17, 15) is 5.11 Å². The van der Waals surface area contributed by atoms with E-state index in [1.54, 1.807) is 13.3 Å². The molecule has 0 bridgehead atoms. The van der Waals surface area contributed by atoms with Crippen LogP contribution in [0.4, 0.5) is 0 Å². The number of methoxy groups -OCH3 is 1. The average molecular weight is 419 g/mol. The molecule has 1 saturated heterocycles. The van der Waals surface area contributed by atoms with Gasteiger partial charge in [-0.1, -0.05) is 0 Å². The molecule has 4 aromatic heterocycles. The number of rotatable bonds is 5. The van der Waals surface area contributed by atoms with E-state index in [1.165, 1.54) is 0 Å². The van der Waals surface area contributed by atoms with Crippen molar-refractivity contribution in [2.45, 2.75) is 25.5 Å². The Morgan fingerprint density at radius 1 is 1.19 bits per heavy atom. The van der Waals surface area contributed by atoms with Crippen molar-refractivity contribution in [2.75, 3.05) is 20.2 Å². The minimum atomic E-state index is -0.229. The fourth-order valence-electron chi connectivity index (χ4n) is 4.24. The largest absolute Gasteiger partial charge is 0.481 e. The summed E-state index contributed by atoms with van der Waals surface area (Å²) in [6, 6.07) is 8.08. The molecule has 5 heterocycles. The summed E-state index contributed by atoms with van der Waals surface area (Å²) in [5, 5.41) is 15.7. The van der Waals surface area contributed by atoms with Crippen molar-refractivity contribution in [3.63, 3.8) is 0 Å². The Morgan fingerprint density at radius 3 is 2.84 bits per heavy atom. The van der Waals surface area contributed by atoms with Crippen molar-refractivity contribution in [2.24, 2.45) is 7.05 Å². The molecule has 1 unspecified atom stereocenters. The normalized spacial score (nSPS) is 17.3. The minimum absolute atomic E-state index is 0.229. The lowest BCUT2D eigenvalue weighted by atomic mass is 10.1. The van der Waals surface area contributed by atoms with Gasteiger partial charge in [-0.2, -0.15) is 5.10 Å². The highest BCUT2D eigenvalue weighted by atomic mass is 16.5. The van der Waals surface area contributed by atoms with Crippen LogP contribution in [0.2, 0.25) is 0 Å². The quantitative estimate of drug-likeness (QED) is 0.518. The molecule has 0 amide bonds. The topological polar surface area (TPSA) is 92.1 Å². The lowest BCUT2D eigenvalue weighted by Gasteiger charge is -2.29. The maximum atomic E-state index is 9.95. The van der Waals surface area contributed by atoms with Crippen molar-refractivity contribution in [1.29, 1.82) is 0 Å². The second-order valence-electron chi connectivity index (χ2n) is 8.09. The van der Waals surface area contributed by atoms with Crippen LogP contribution in [0.15, 0.2) is 42.9 Å². The highest BCUT2D eigenvalue weighted by Gasteiger charge is 2.19. The van der Waals surface area contributed by atoms with E-state index in [2.05, 4.69) is 32.0 Å². The van der Waals surface area contributed by atoms with Gasteiger partial charge in [0, 0.05) is 66.9 Å². The first kappa shape index (κ1) is 19.7. The second-order valence-corrected chi connectivity index (χ2v) is 8.09. The van der Waals surface area contributed by atoms with Crippen LogP contribution in [0, 0.1) is 0 Å². The first-order valence-electron chi connectivity index (χ1n) is 10.5. The fraction of sp³-hybridized carbons (Fsp3) is 0.348. The number of aliphatic hydroxyl groups is 1. The average Bonchev–Trinajstić information content (AvgIpc) is 3.37. The van der Waals surface area contributed by atoms with Crippen LogP contribution in [0.5, 0.6) is 5.88 Å². The van der Waals surface area contributed by atoms with Crippen LogP contribution < -0.4 is 4.74 Å². The number of hydrogen-bond acceptors (Lipinski definition) is 6. The Balaban J connectivity index is 1.45. The molecule has 0 radical (unpaired) electrons. The van der Waals surface area contributed by atoms with E-state index in [-0.39, 0.29) is 6.10 Å². The Bertz CT molecular complexity index is 1200. The van der Waals surface area contributed by atoms with Crippen LogP contribution in [-0.4, -0.2) is 61.0 Å². The third kappa shape index (κ3) is 3.92. The molecule has 8 heteroatoms. The summed E-state index contributed by atoms with van der Waals surface area (Å²) in [5.74, 6) is 0.588. The van der Waals surface area contributed by atoms with E-state index >= 15 is 0 Å². The summed E-state index contributed by atoms with van der Waals surface area (Å²) in [4.78, 5) is 14.5. The van der Waals surface area contributed by atoms with E-state index < -0.39 is 0 Å². The van der Waals surface area contributed by atoms with Crippen molar-refractivity contribution in [3.05, 3.63) is 48.5 Å². The van der Waals surface area contributed by atoms with Gasteiger partial charge in [0.05, 0.1) is 24.6 Å². The Labute approximate surface area is 180 Å². The number of aromatic amines is 1. The van der Waals surface area contributed by atoms with Crippen molar-refractivity contribution < 1.29 is 9.84 Å². The molecular weight excluding hydrogens is 392 g/mol. The third-order valence-corrected chi connectivity index (χ3v) is 5.93. The standard InChI is InChI=1S/C23H26N6O2/c1-28-17(13-29-7-3-4-18(30)14-29)9-21(27-28)16-8-19-20(12-26-23(19)25-11-16)15-5-6-22(31-2)24-10-15/h5-6,8-12,18,30H,3-4,7,13-14H2,1-2H3,(H,25,26). The number of aryl methyl sites for hydroxylation is 1. The Kier molecular flexibility index (Phi) is 5.17. The Morgan fingerprint density at radius 2 is 2.06 bits per heavy atom. The molecule has 4 aromatic rings. The number of likely N-dealkylation sites (tertiary alicyclic amines) is 1. The third-order valence-electron chi connectivity index (χ3n) is 5.93. The van der Waals surface area contributed by atoms with E-state index in [0.29, 0.717) is 5.88 Å². The summed E-state index contributed by atoms with van der Waals surface area (Å²) in [6.45, 7) is 2.51. The van der Waals surface area contributed by atoms with Gasteiger partial charge in [0.25, 0.3) is 0 Å². The van der Waals surface area contributed by atoms with Gasteiger partial charge >= 0.3 is 0 Å². The molecule has 0 saturated carbocycles. The molecule has 1 atom stereocenters. The number of hydrogen-bond donors (Lipinski definition) is 2. The molecule has 1 aliphatic heterocycles. The van der Waals surface area contributed by atoms with Crippen molar-refractivity contribution >= 4 is 11.0 Å². The van der Waals surface area contributed by atoms with Gasteiger partial charge in [-0.05, 0) is 37.6 Å². The number of nitrogens with zero attached hydrogens (tertiary/aromatic N) is 5. The zero-order valence-electron chi connectivity index (χ0n) is 17.7. The number of pyridine rings is 2. The van der Waals surface area contributed by atoms with Crippen LogP contribution in [0.3, 0.4) is 0 Å². The van der Waals surface area contributed by atoms with Gasteiger partial charge < -0.3 is 14.8 Å². The van der Waals surface area contributed by atoms with Gasteiger partial charge in [-0.25, -0.2) is 9.97 Å². The maximum absolute atomic E-state index is 9.95. The van der Waals surface area contributed by atoms with Gasteiger partial charge in [-0.15, -0.1) is 0 Å². The maximum Gasteiger partial charge on any atom is 0.212 e. The van der Waals surface area contributed by atoms with Crippen LogP contribution >= 0.6 is 0 Å². The number of aromatic nitrogens is 5. The molecule has 1 aliphatic rings. The second kappa shape index (κ2) is 8.13. The predicted molar refractivity (Wildman–Crippen MR) is 119 cm³/mol. The lowest BCUT2D eigenvalue weighted by molar-refractivity contribution is 0.0656. The number of H-pyrrole nitrogens is 1. The lowest BCUT2D eigenvalue weighted by Crippen LogP contribution is -2.38. The van der Waals surface area contributed by atoms with Gasteiger partial charge in [-0.3, -0.25) is 9.58 Å². The highest BCUT2D eigenvalue weighted by molar-refractivity contribution is 5.95.